The van der Waals surface area contributed by atoms with Gasteiger partial charge in [-0.3, -0.25) is 4.79 Å². The van der Waals surface area contributed by atoms with E-state index in [2.05, 4.69) is 24.1 Å². The number of carbonyl (C=O) groups is 1. The van der Waals surface area contributed by atoms with Gasteiger partial charge in [0.15, 0.2) is 0 Å². The van der Waals surface area contributed by atoms with Crippen molar-refractivity contribution in [3.8, 4) is 5.75 Å². The molecular formula is C18H28N2O2. The number of nitrogens with zero attached hydrogens (tertiary/aromatic N) is 1. The summed E-state index contributed by atoms with van der Waals surface area (Å²) in [4.78, 5) is 14.0. The van der Waals surface area contributed by atoms with Crippen LogP contribution in [0.4, 0.5) is 0 Å². The van der Waals surface area contributed by atoms with E-state index in [9.17, 15) is 4.79 Å². The highest BCUT2D eigenvalue weighted by molar-refractivity contribution is 5.78. The monoisotopic (exact) mass is 304 g/mol. The molecule has 2 rings (SSSR count). The van der Waals surface area contributed by atoms with E-state index in [1.165, 1.54) is 0 Å². The summed E-state index contributed by atoms with van der Waals surface area (Å²) in [5, 5.41) is 3.41. The van der Waals surface area contributed by atoms with Crippen LogP contribution >= 0.6 is 0 Å². The Kier molecular flexibility index (Phi) is 6.72. The first-order valence-electron chi connectivity index (χ1n) is 8.35. The zero-order valence-electron chi connectivity index (χ0n) is 13.8. The normalized spacial score (nSPS) is 18.2. The Hall–Kier alpha value is -1.55. The third-order valence-corrected chi connectivity index (χ3v) is 3.96. The molecule has 0 aliphatic carbocycles. The molecule has 0 radical (unpaired) electrons. The largest absolute Gasteiger partial charge is 0.492 e. The molecule has 0 bridgehead atoms. The number of nitrogens with one attached hydrogen (secondary N) is 1. The van der Waals surface area contributed by atoms with Crippen molar-refractivity contribution in [1.29, 1.82) is 0 Å². The van der Waals surface area contributed by atoms with Crippen molar-refractivity contribution in [2.75, 3.05) is 26.2 Å². The standard InChI is InChI=1S/C18H28N2O2/c1-15(2)14-20-16(8-9-18(20)21)10-11-19-12-13-22-17-6-4-3-5-7-17/h3-7,15-16,19H,8-14H2,1-2H3. The molecule has 1 heterocycles. The van der Waals surface area contributed by atoms with Crippen LogP contribution in [0.5, 0.6) is 5.75 Å². The number of ether oxygens (including phenoxy) is 1. The Bertz CT molecular complexity index is 448. The molecule has 22 heavy (non-hydrogen) atoms. The maximum Gasteiger partial charge on any atom is 0.222 e. The fourth-order valence-corrected chi connectivity index (χ4v) is 2.89. The fourth-order valence-electron chi connectivity index (χ4n) is 2.89. The van der Waals surface area contributed by atoms with Gasteiger partial charge in [-0.2, -0.15) is 0 Å². The summed E-state index contributed by atoms with van der Waals surface area (Å²) < 4.78 is 5.64. The van der Waals surface area contributed by atoms with Gasteiger partial charge in [0.05, 0.1) is 0 Å². The molecule has 1 unspecified atom stereocenters. The lowest BCUT2D eigenvalue weighted by molar-refractivity contribution is -0.129. The molecular weight excluding hydrogens is 276 g/mol. The number of rotatable bonds is 9. The lowest BCUT2D eigenvalue weighted by Crippen LogP contribution is -2.38. The van der Waals surface area contributed by atoms with Gasteiger partial charge >= 0.3 is 0 Å². The third-order valence-electron chi connectivity index (χ3n) is 3.96. The van der Waals surface area contributed by atoms with Crippen LogP contribution in [0.2, 0.25) is 0 Å². The number of carbonyl (C=O) groups excluding carboxylic acids is 1. The minimum absolute atomic E-state index is 0.325. The van der Waals surface area contributed by atoms with Crippen molar-refractivity contribution in [2.24, 2.45) is 5.92 Å². The fraction of sp³-hybridized carbons (Fsp3) is 0.611. The van der Waals surface area contributed by atoms with Crippen molar-refractivity contribution in [1.82, 2.24) is 10.2 Å². The van der Waals surface area contributed by atoms with E-state index in [1.54, 1.807) is 0 Å². The van der Waals surface area contributed by atoms with E-state index in [4.69, 9.17) is 4.74 Å². The molecule has 1 aliphatic rings. The molecule has 1 aromatic rings. The molecule has 1 aromatic carbocycles. The first kappa shape index (κ1) is 16.8. The highest BCUT2D eigenvalue weighted by Gasteiger charge is 2.30. The van der Waals surface area contributed by atoms with Crippen molar-refractivity contribution < 1.29 is 9.53 Å². The maximum absolute atomic E-state index is 11.9. The topological polar surface area (TPSA) is 41.6 Å². The van der Waals surface area contributed by atoms with E-state index >= 15 is 0 Å². The third kappa shape index (κ3) is 5.34. The summed E-state index contributed by atoms with van der Waals surface area (Å²) in [5.74, 6) is 1.77. The lowest BCUT2D eigenvalue weighted by Gasteiger charge is -2.26. The molecule has 1 amide bonds. The molecule has 0 saturated carbocycles. The van der Waals surface area contributed by atoms with E-state index < -0.39 is 0 Å². The average molecular weight is 304 g/mol. The van der Waals surface area contributed by atoms with Gasteiger partial charge in [-0.15, -0.1) is 0 Å². The minimum atomic E-state index is 0.325. The Labute approximate surface area is 133 Å². The van der Waals surface area contributed by atoms with Gasteiger partial charge in [0.1, 0.15) is 12.4 Å². The summed E-state index contributed by atoms with van der Waals surface area (Å²) >= 11 is 0. The van der Waals surface area contributed by atoms with Gasteiger partial charge in [0.25, 0.3) is 0 Å². The smallest absolute Gasteiger partial charge is 0.222 e. The molecule has 1 aliphatic heterocycles. The molecule has 1 N–H and O–H groups in total. The first-order chi connectivity index (χ1) is 10.7. The quantitative estimate of drug-likeness (QED) is 0.713. The lowest BCUT2D eigenvalue weighted by atomic mass is 10.1. The maximum atomic E-state index is 11.9. The van der Waals surface area contributed by atoms with Crippen molar-refractivity contribution in [3.63, 3.8) is 0 Å². The van der Waals surface area contributed by atoms with Crippen LogP contribution in [0.25, 0.3) is 0 Å². The zero-order valence-corrected chi connectivity index (χ0v) is 13.8. The summed E-state index contributed by atoms with van der Waals surface area (Å²) in [6, 6.07) is 10.3. The van der Waals surface area contributed by atoms with Crippen LogP contribution < -0.4 is 10.1 Å². The second-order valence-electron chi connectivity index (χ2n) is 6.33. The van der Waals surface area contributed by atoms with Gasteiger partial charge in [-0.25, -0.2) is 0 Å². The number of amides is 1. The summed E-state index contributed by atoms with van der Waals surface area (Å²) in [5.41, 5.74) is 0. The Morgan fingerprint density at radius 3 is 2.77 bits per heavy atom. The van der Waals surface area contributed by atoms with Crippen LogP contribution in [0.1, 0.15) is 33.1 Å². The number of benzene rings is 1. The van der Waals surface area contributed by atoms with E-state index in [-0.39, 0.29) is 0 Å². The summed E-state index contributed by atoms with van der Waals surface area (Å²) in [6.07, 6.45) is 2.76. The van der Waals surface area contributed by atoms with Gasteiger partial charge in [-0.1, -0.05) is 32.0 Å². The van der Waals surface area contributed by atoms with Crippen molar-refractivity contribution >= 4 is 5.91 Å². The van der Waals surface area contributed by atoms with Crippen molar-refractivity contribution in [2.45, 2.75) is 39.2 Å². The summed E-state index contributed by atoms with van der Waals surface area (Å²) in [7, 11) is 0. The number of para-hydroxylation sites is 1. The Balaban J connectivity index is 1.59. The molecule has 4 nitrogen and oxygen atoms in total. The predicted octanol–water partition coefficient (Wildman–Crippen LogP) is 2.69. The van der Waals surface area contributed by atoms with Crippen LogP contribution in [0.3, 0.4) is 0 Å². The molecule has 0 spiro atoms. The number of likely N-dealkylation sites (tertiary alicyclic amines) is 1. The van der Waals surface area contributed by atoms with Crippen LogP contribution in [-0.2, 0) is 4.79 Å². The second kappa shape index (κ2) is 8.79. The molecule has 122 valence electrons. The molecule has 1 atom stereocenters. The van der Waals surface area contributed by atoms with Crippen LogP contribution in [-0.4, -0.2) is 43.1 Å². The van der Waals surface area contributed by atoms with Crippen LogP contribution in [0, 0.1) is 5.92 Å². The molecule has 4 heteroatoms. The highest BCUT2D eigenvalue weighted by Crippen LogP contribution is 2.22. The van der Waals surface area contributed by atoms with Gasteiger partial charge in [0.2, 0.25) is 5.91 Å². The first-order valence-corrected chi connectivity index (χ1v) is 8.35. The average Bonchev–Trinajstić information content (AvgIpc) is 2.84. The van der Waals surface area contributed by atoms with E-state index in [0.29, 0.717) is 30.9 Å². The number of hydrogen-bond acceptors (Lipinski definition) is 3. The minimum Gasteiger partial charge on any atom is -0.492 e. The summed E-state index contributed by atoms with van der Waals surface area (Å²) in [6.45, 7) is 7.66. The van der Waals surface area contributed by atoms with Gasteiger partial charge < -0.3 is 15.0 Å². The predicted molar refractivity (Wildman–Crippen MR) is 89.0 cm³/mol. The van der Waals surface area contributed by atoms with Crippen molar-refractivity contribution in [3.05, 3.63) is 30.3 Å². The van der Waals surface area contributed by atoms with E-state index in [0.717, 1.165) is 38.2 Å². The highest BCUT2D eigenvalue weighted by atomic mass is 16.5. The Morgan fingerprint density at radius 1 is 1.27 bits per heavy atom. The van der Waals surface area contributed by atoms with Crippen LogP contribution in [0.15, 0.2) is 30.3 Å². The number of hydrogen-bond donors (Lipinski definition) is 1. The van der Waals surface area contributed by atoms with E-state index in [1.807, 2.05) is 30.3 Å². The molecule has 0 aromatic heterocycles. The molecule has 1 saturated heterocycles. The van der Waals surface area contributed by atoms with Gasteiger partial charge in [-0.05, 0) is 37.4 Å². The SMILES string of the molecule is CC(C)CN1C(=O)CCC1CCNCCOc1ccccc1. The molecule has 1 fully saturated rings. The van der Waals surface area contributed by atoms with Gasteiger partial charge in [0, 0.05) is 25.6 Å². The Morgan fingerprint density at radius 2 is 2.05 bits per heavy atom. The second-order valence-corrected chi connectivity index (χ2v) is 6.33. The zero-order chi connectivity index (χ0) is 15.8.